The van der Waals surface area contributed by atoms with Gasteiger partial charge in [-0.25, -0.2) is 0 Å². The lowest BCUT2D eigenvalue weighted by molar-refractivity contribution is -0.127. The van der Waals surface area contributed by atoms with Crippen molar-refractivity contribution in [3.05, 3.63) is 35.4 Å². The first kappa shape index (κ1) is 15.6. The van der Waals surface area contributed by atoms with Crippen molar-refractivity contribution in [2.75, 3.05) is 0 Å². The Bertz CT molecular complexity index is 465. The normalized spacial score (nSPS) is 12.0. The Balaban J connectivity index is 3.03. The number of carbonyl (C=O) groups is 2. The maximum absolute atomic E-state index is 12.5. The van der Waals surface area contributed by atoms with Crippen molar-refractivity contribution >= 4 is 11.6 Å². The zero-order chi connectivity index (χ0) is 14.8. The maximum atomic E-state index is 12.5. The molecule has 0 aliphatic carbocycles. The Hall–Kier alpha value is -1.44. The van der Waals surface area contributed by atoms with Gasteiger partial charge >= 0.3 is 0 Å². The van der Waals surface area contributed by atoms with Crippen LogP contribution in [-0.4, -0.2) is 11.6 Å². The van der Waals surface area contributed by atoms with E-state index < -0.39 is 5.41 Å². The predicted octanol–water partition coefficient (Wildman–Crippen LogP) is 4.24. The van der Waals surface area contributed by atoms with E-state index in [9.17, 15) is 9.59 Å². The Morgan fingerprint density at radius 1 is 0.947 bits per heavy atom. The Morgan fingerprint density at radius 2 is 1.42 bits per heavy atom. The molecule has 0 N–H and O–H groups in total. The van der Waals surface area contributed by atoms with E-state index in [1.165, 1.54) is 5.56 Å². The Labute approximate surface area is 116 Å². The molecule has 1 rings (SSSR count). The summed E-state index contributed by atoms with van der Waals surface area (Å²) in [6.45, 7) is 11.3. The fourth-order valence-corrected chi connectivity index (χ4v) is 2.21. The van der Waals surface area contributed by atoms with Crippen LogP contribution in [0.3, 0.4) is 0 Å². The largest absolute Gasteiger partial charge is 0.298 e. The molecule has 2 heteroatoms. The van der Waals surface area contributed by atoms with Crippen LogP contribution in [0.1, 0.15) is 63.4 Å². The second kappa shape index (κ2) is 5.68. The number of benzene rings is 1. The van der Waals surface area contributed by atoms with Crippen molar-refractivity contribution in [1.82, 2.24) is 0 Å². The van der Waals surface area contributed by atoms with Crippen LogP contribution in [0.4, 0.5) is 0 Å². The summed E-state index contributed by atoms with van der Waals surface area (Å²) in [6, 6.07) is 7.59. The number of Topliss-reactive ketones (excluding diaryl/α,β-unsaturated/α-hetero) is 2. The van der Waals surface area contributed by atoms with Gasteiger partial charge in [0.25, 0.3) is 0 Å². The first-order chi connectivity index (χ1) is 8.67. The third kappa shape index (κ3) is 3.31. The highest BCUT2D eigenvalue weighted by molar-refractivity contribution is 6.14. The van der Waals surface area contributed by atoms with Gasteiger partial charge in [-0.1, -0.05) is 52.0 Å². The number of ketones is 2. The van der Waals surface area contributed by atoms with Crippen LogP contribution in [0.5, 0.6) is 0 Å². The van der Waals surface area contributed by atoms with Gasteiger partial charge in [0.1, 0.15) is 5.78 Å². The maximum Gasteiger partial charge on any atom is 0.175 e. The predicted molar refractivity (Wildman–Crippen MR) is 78.5 cm³/mol. The molecule has 0 amide bonds. The van der Waals surface area contributed by atoms with Crippen LogP contribution in [0.15, 0.2) is 24.3 Å². The van der Waals surface area contributed by atoms with Crippen molar-refractivity contribution in [2.45, 2.75) is 47.5 Å². The molecule has 0 saturated carbocycles. The van der Waals surface area contributed by atoms with Gasteiger partial charge in [0.15, 0.2) is 5.78 Å². The molecule has 1 aromatic carbocycles. The molecule has 0 fully saturated rings. The van der Waals surface area contributed by atoms with Gasteiger partial charge in [-0.05, 0) is 25.3 Å². The van der Waals surface area contributed by atoms with Crippen LogP contribution < -0.4 is 0 Å². The summed E-state index contributed by atoms with van der Waals surface area (Å²) in [5.74, 6) is 0.204. The Morgan fingerprint density at radius 3 is 1.79 bits per heavy atom. The van der Waals surface area contributed by atoms with Crippen LogP contribution in [0, 0.1) is 11.3 Å². The highest BCUT2D eigenvalue weighted by atomic mass is 16.2. The van der Waals surface area contributed by atoms with Crippen molar-refractivity contribution in [3.63, 3.8) is 0 Å². The lowest BCUT2D eigenvalue weighted by atomic mass is 9.76. The van der Waals surface area contributed by atoms with Gasteiger partial charge in [0.2, 0.25) is 0 Å². The third-order valence-corrected chi connectivity index (χ3v) is 3.55. The van der Waals surface area contributed by atoms with E-state index in [1.54, 1.807) is 13.8 Å². The van der Waals surface area contributed by atoms with Crippen LogP contribution >= 0.6 is 0 Å². The average molecular weight is 260 g/mol. The fraction of sp³-hybridized carbons (Fsp3) is 0.529. The fourth-order valence-electron chi connectivity index (χ4n) is 2.21. The third-order valence-electron chi connectivity index (χ3n) is 3.55. The summed E-state index contributed by atoms with van der Waals surface area (Å²) in [5, 5.41) is 0. The summed E-state index contributed by atoms with van der Waals surface area (Å²) in [7, 11) is 0. The second-order valence-corrected chi connectivity index (χ2v) is 6.25. The molecular weight excluding hydrogens is 236 g/mol. The van der Waals surface area contributed by atoms with Crippen molar-refractivity contribution in [2.24, 2.45) is 11.3 Å². The molecule has 0 radical (unpaired) electrons. The van der Waals surface area contributed by atoms with Gasteiger partial charge in [-0.15, -0.1) is 0 Å². The van der Waals surface area contributed by atoms with Crippen molar-refractivity contribution < 1.29 is 9.59 Å². The zero-order valence-corrected chi connectivity index (χ0v) is 12.8. The molecular formula is C17H24O2. The van der Waals surface area contributed by atoms with E-state index in [0.29, 0.717) is 11.5 Å². The van der Waals surface area contributed by atoms with Gasteiger partial charge in [0.05, 0.1) is 5.41 Å². The van der Waals surface area contributed by atoms with E-state index >= 15 is 0 Å². The summed E-state index contributed by atoms with van der Waals surface area (Å²) in [5.41, 5.74) is 0.862. The number of carbonyl (C=O) groups excluding carboxylic acids is 2. The topological polar surface area (TPSA) is 34.1 Å². The van der Waals surface area contributed by atoms with E-state index in [0.717, 1.165) is 0 Å². The summed E-state index contributed by atoms with van der Waals surface area (Å²) in [4.78, 5) is 24.6. The summed E-state index contributed by atoms with van der Waals surface area (Å²) < 4.78 is 0. The molecule has 0 spiro atoms. The first-order valence-corrected chi connectivity index (χ1v) is 6.87. The molecule has 1 aromatic rings. The first-order valence-electron chi connectivity index (χ1n) is 6.87. The monoisotopic (exact) mass is 260 g/mol. The van der Waals surface area contributed by atoms with Crippen molar-refractivity contribution in [1.29, 1.82) is 0 Å². The SMILES string of the molecule is CC(C)C(=O)C(C)(C)C(=O)c1ccc(C(C)C)cc1. The molecule has 0 atom stereocenters. The van der Waals surface area contributed by atoms with Gasteiger partial charge in [-0.2, -0.15) is 0 Å². The summed E-state index contributed by atoms with van der Waals surface area (Å²) in [6.07, 6.45) is 0. The molecule has 0 bridgehead atoms. The molecule has 0 aliphatic rings. The molecule has 0 saturated heterocycles. The highest BCUT2D eigenvalue weighted by Crippen LogP contribution is 2.27. The minimum Gasteiger partial charge on any atom is -0.298 e. The zero-order valence-electron chi connectivity index (χ0n) is 12.8. The molecule has 19 heavy (non-hydrogen) atoms. The number of hydrogen-bond donors (Lipinski definition) is 0. The van der Waals surface area contributed by atoms with E-state index in [1.807, 2.05) is 38.1 Å². The molecule has 0 aliphatic heterocycles. The van der Waals surface area contributed by atoms with E-state index in [-0.39, 0.29) is 17.5 Å². The van der Waals surface area contributed by atoms with E-state index in [4.69, 9.17) is 0 Å². The average Bonchev–Trinajstić information content (AvgIpc) is 2.36. The molecule has 0 unspecified atom stereocenters. The minimum absolute atomic E-state index is 0.00886. The second-order valence-electron chi connectivity index (χ2n) is 6.25. The highest BCUT2D eigenvalue weighted by Gasteiger charge is 2.37. The van der Waals surface area contributed by atoms with Crippen LogP contribution in [0.25, 0.3) is 0 Å². The smallest absolute Gasteiger partial charge is 0.175 e. The standard InChI is InChI=1S/C17H24O2/c1-11(2)13-7-9-14(10-8-13)16(19)17(5,6)15(18)12(3)4/h7-12H,1-6H3. The molecule has 0 aromatic heterocycles. The van der Waals surface area contributed by atoms with Gasteiger partial charge in [-0.3, -0.25) is 9.59 Å². The molecule has 0 heterocycles. The van der Waals surface area contributed by atoms with Crippen molar-refractivity contribution in [3.8, 4) is 0 Å². The lowest BCUT2D eigenvalue weighted by Gasteiger charge is -2.23. The molecule has 104 valence electrons. The van der Waals surface area contributed by atoms with E-state index in [2.05, 4.69) is 13.8 Å². The Kier molecular flexibility index (Phi) is 4.67. The van der Waals surface area contributed by atoms with Gasteiger partial charge in [0, 0.05) is 11.5 Å². The van der Waals surface area contributed by atoms with Crippen LogP contribution in [-0.2, 0) is 4.79 Å². The lowest BCUT2D eigenvalue weighted by Crippen LogP contribution is -2.36. The number of rotatable bonds is 5. The van der Waals surface area contributed by atoms with Gasteiger partial charge < -0.3 is 0 Å². The number of hydrogen-bond acceptors (Lipinski definition) is 2. The quantitative estimate of drug-likeness (QED) is 0.586. The molecule has 2 nitrogen and oxygen atoms in total. The van der Waals surface area contributed by atoms with Crippen LogP contribution in [0.2, 0.25) is 0 Å². The summed E-state index contributed by atoms with van der Waals surface area (Å²) >= 11 is 0. The minimum atomic E-state index is -0.951.